The summed E-state index contributed by atoms with van der Waals surface area (Å²) >= 11 is 3.13. The van der Waals surface area contributed by atoms with Gasteiger partial charge >= 0.3 is 5.97 Å². The lowest BCUT2D eigenvalue weighted by Gasteiger charge is -2.34. The van der Waals surface area contributed by atoms with Crippen LogP contribution in [0.5, 0.6) is 0 Å². The first-order valence-corrected chi connectivity index (χ1v) is 9.71. The number of amides is 1. The van der Waals surface area contributed by atoms with E-state index in [4.69, 9.17) is 5.11 Å². The van der Waals surface area contributed by atoms with Crippen LogP contribution < -0.4 is 0 Å². The second-order valence-corrected chi connectivity index (χ2v) is 7.69. The molecule has 2 heterocycles. The average molecular weight is 362 g/mol. The molecule has 1 aliphatic rings. The van der Waals surface area contributed by atoms with Crippen molar-refractivity contribution in [2.45, 2.75) is 19.4 Å². The third-order valence-corrected chi connectivity index (χ3v) is 5.96. The van der Waals surface area contributed by atoms with E-state index in [2.05, 4.69) is 4.98 Å². The standard InChI is InChI=1S/C17H18N2O3S2/c1-11-4-2-3-5-13(11)16-18-14(10-24-16)17(22)19-6-7-23-9-12(19)8-15(20)21/h2-5,10,12H,6-9H2,1H3,(H,20,21). The Morgan fingerprint density at radius 3 is 2.92 bits per heavy atom. The molecule has 0 radical (unpaired) electrons. The van der Waals surface area contributed by atoms with Gasteiger partial charge in [0.05, 0.1) is 12.5 Å². The van der Waals surface area contributed by atoms with Crippen LogP contribution in [0.2, 0.25) is 0 Å². The van der Waals surface area contributed by atoms with Crippen molar-refractivity contribution >= 4 is 35.0 Å². The van der Waals surface area contributed by atoms with Gasteiger partial charge in [0.25, 0.3) is 5.91 Å². The van der Waals surface area contributed by atoms with Gasteiger partial charge in [-0.2, -0.15) is 11.8 Å². The Hall–Kier alpha value is -1.86. The van der Waals surface area contributed by atoms with E-state index >= 15 is 0 Å². The van der Waals surface area contributed by atoms with Crippen molar-refractivity contribution in [3.63, 3.8) is 0 Å². The van der Waals surface area contributed by atoms with Crippen molar-refractivity contribution in [3.8, 4) is 10.6 Å². The number of hydrogen-bond donors (Lipinski definition) is 1. The number of carboxylic acids is 1. The molecule has 0 saturated carbocycles. The zero-order chi connectivity index (χ0) is 17.1. The van der Waals surface area contributed by atoms with Crippen molar-refractivity contribution in [1.82, 2.24) is 9.88 Å². The summed E-state index contributed by atoms with van der Waals surface area (Å²) in [4.78, 5) is 30.0. The Labute approximate surface area is 148 Å². The Kier molecular flexibility index (Phi) is 5.20. The fraction of sp³-hybridized carbons (Fsp3) is 0.353. The van der Waals surface area contributed by atoms with Crippen molar-refractivity contribution in [3.05, 3.63) is 40.9 Å². The lowest BCUT2D eigenvalue weighted by molar-refractivity contribution is -0.138. The van der Waals surface area contributed by atoms with E-state index in [1.165, 1.54) is 11.3 Å². The second-order valence-electron chi connectivity index (χ2n) is 5.68. The van der Waals surface area contributed by atoms with Crippen LogP contribution >= 0.6 is 23.1 Å². The van der Waals surface area contributed by atoms with Crippen molar-refractivity contribution in [1.29, 1.82) is 0 Å². The molecule has 1 unspecified atom stereocenters. The van der Waals surface area contributed by atoms with E-state index in [-0.39, 0.29) is 18.4 Å². The van der Waals surface area contributed by atoms with E-state index in [1.54, 1.807) is 22.0 Å². The van der Waals surface area contributed by atoms with Gasteiger partial charge in [0.1, 0.15) is 10.7 Å². The van der Waals surface area contributed by atoms with Crippen molar-refractivity contribution < 1.29 is 14.7 Å². The molecule has 1 fully saturated rings. The number of thiazole rings is 1. The molecule has 7 heteroatoms. The SMILES string of the molecule is Cc1ccccc1-c1nc(C(=O)N2CCSCC2CC(=O)O)cs1. The maximum Gasteiger partial charge on any atom is 0.305 e. The number of benzene rings is 1. The summed E-state index contributed by atoms with van der Waals surface area (Å²) in [6.45, 7) is 2.58. The predicted molar refractivity (Wildman–Crippen MR) is 96.7 cm³/mol. The van der Waals surface area contributed by atoms with Gasteiger partial charge < -0.3 is 10.0 Å². The topological polar surface area (TPSA) is 70.5 Å². The maximum atomic E-state index is 12.8. The Morgan fingerprint density at radius 1 is 1.38 bits per heavy atom. The average Bonchev–Trinajstić information content (AvgIpc) is 3.04. The molecule has 1 saturated heterocycles. The molecule has 0 aliphatic carbocycles. The van der Waals surface area contributed by atoms with Crippen LogP contribution in [0.3, 0.4) is 0 Å². The van der Waals surface area contributed by atoms with Gasteiger partial charge in [0.15, 0.2) is 0 Å². The fourth-order valence-electron chi connectivity index (χ4n) is 2.75. The summed E-state index contributed by atoms with van der Waals surface area (Å²) in [6.07, 6.45) is -0.0203. The van der Waals surface area contributed by atoms with Crippen molar-refractivity contribution in [2.24, 2.45) is 0 Å². The fourth-order valence-corrected chi connectivity index (χ4v) is 4.69. The molecular weight excluding hydrogens is 344 g/mol. The first-order chi connectivity index (χ1) is 11.6. The summed E-state index contributed by atoms with van der Waals surface area (Å²) < 4.78 is 0. The van der Waals surface area contributed by atoms with E-state index < -0.39 is 5.97 Å². The molecule has 0 bridgehead atoms. The van der Waals surface area contributed by atoms with Crippen LogP contribution in [0.1, 0.15) is 22.5 Å². The minimum absolute atomic E-state index is 0.0203. The van der Waals surface area contributed by atoms with Crippen LogP contribution in [0.25, 0.3) is 10.6 Å². The minimum atomic E-state index is -0.876. The molecule has 1 atom stereocenters. The molecule has 1 aromatic carbocycles. The van der Waals surface area contributed by atoms with Crippen LogP contribution in [-0.4, -0.2) is 51.0 Å². The summed E-state index contributed by atoms with van der Waals surface area (Å²) in [5.74, 6) is 0.445. The molecule has 5 nitrogen and oxygen atoms in total. The number of thioether (sulfide) groups is 1. The highest BCUT2D eigenvalue weighted by Crippen LogP contribution is 2.28. The first-order valence-electron chi connectivity index (χ1n) is 7.68. The van der Waals surface area contributed by atoms with Crippen LogP contribution in [-0.2, 0) is 4.79 Å². The molecular formula is C17H18N2O3S2. The lowest BCUT2D eigenvalue weighted by Crippen LogP contribution is -2.47. The molecule has 1 aliphatic heterocycles. The monoisotopic (exact) mass is 362 g/mol. The summed E-state index contributed by atoms with van der Waals surface area (Å²) in [5, 5.41) is 11.6. The summed E-state index contributed by atoms with van der Waals surface area (Å²) in [6, 6.07) is 7.67. The molecule has 1 N–H and O–H groups in total. The molecule has 1 amide bonds. The highest BCUT2D eigenvalue weighted by atomic mass is 32.2. The number of hydrogen-bond acceptors (Lipinski definition) is 5. The number of carbonyl (C=O) groups is 2. The number of nitrogens with zero attached hydrogens (tertiary/aromatic N) is 2. The van der Waals surface area contributed by atoms with E-state index in [9.17, 15) is 9.59 Å². The molecule has 2 aromatic rings. The molecule has 126 valence electrons. The molecule has 0 spiro atoms. The highest BCUT2D eigenvalue weighted by molar-refractivity contribution is 7.99. The second kappa shape index (κ2) is 7.36. The summed E-state index contributed by atoms with van der Waals surface area (Å²) in [5.41, 5.74) is 2.54. The normalized spacial score (nSPS) is 17.7. The highest BCUT2D eigenvalue weighted by Gasteiger charge is 2.30. The maximum absolute atomic E-state index is 12.8. The summed E-state index contributed by atoms with van der Waals surface area (Å²) in [7, 11) is 0. The third-order valence-electron chi connectivity index (χ3n) is 4.00. The zero-order valence-corrected chi connectivity index (χ0v) is 14.9. The predicted octanol–water partition coefficient (Wildman–Crippen LogP) is 3.15. The van der Waals surface area contributed by atoms with Gasteiger partial charge in [-0.15, -0.1) is 11.3 Å². The zero-order valence-electron chi connectivity index (χ0n) is 13.3. The van der Waals surface area contributed by atoms with E-state index in [0.29, 0.717) is 18.0 Å². The lowest BCUT2D eigenvalue weighted by atomic mass is 10.1. The Bertz CT molecular complexity index is 760. The quantitative estimate of drug-likeness (QED) is 0.905. The van der Waals surface area contributed by atoms with Crippen LogP contribution in [0.4, 0.5) is 0 Å². The third kappa shape index (κ3) is 3.62. The smallest absolute Gasteiger partial charge is 0.305 e. The Balaban J connectivity index is 1.82. The number of aliphatic carboxylic acids is 1. The molecule has 3 rings (SSSR count). The largest absolute Gasteiger partial charge is 0.481 e. The van der Waals surface area contributed by atoms with E-state index in [1.807, 2.05) is 31.2 Å². The van der Waals surface area contributed by atoms with Gasteiger partial charge in [-0.05, 0) is 12.5 Å². The van der Waals surface area contributed by atoms with Crippen LogP contribution in [0.15, 0.2) is 29.6 Å². The van der Waals surface area contributed by atoms with Crippen LogP contribution in [0, 0.1) is 6.92 Å². The van der Waals surface area contributed by atoms with Crippen molar-refractivity contribution in [2.75, 3.05) is 18.1 Å². The Morgan fingerprint density at radius 2 is 2.17 bits per heavy atom. The molecule has 24 heavy (non-hydrogen) atoms. The number of carbonyl (C=O) groups excluding carboxylic acids is 1. The number of aryl methyl sites for hydroxylation is 1. The number of carboxylic acid groups (broad SMARTS) is 1. The van der Waals surface area contributed by atoms with Gasteiger partial charge in [-0.1, -0.05) is 24.3 Å². The molecule has 1 aromatic heterocycles. The van der Waals surface area contributed by atoms with Gasteiger partial charge in [0.2, 0.25) is 0 Å². The van der Waals surface area contributed by atoms with E-state index in [0.717, 1.165) is 21.9 Å². The van der Waals surface area contributed by atoms with Gasteiger partial charge in [0, 0.05) is 29.0 Å². The number of rotatable bonds is 4. The first kappa shape index (κ1) is 17.0. The number of aromatic nitrogens is 1. The van der Waals surface area contributed by atoms with Gasteiger partial charge in [-0.25, -0.2) is 4.98 Å². The van der Waals surface area contributed by atoms with Gasteiger partial charge in [-0.3, -0.25) is 9.59 Å². The minimum Gasteiger partial charge on any atom is -0.481 e.